The first-order valence-electron chi connectivity index (χ1n) is 13.7. The van der Waals surface area contributed by atoms with Crippen LogP contribution in [0, 0.1) is 26.0 Å². The summed E-state index contributed by atoms with van der Waals surface area (Å²) in [5.41, 5.74) is 8.82. The minimum atomic E-state index is 0. The largest absolute Gasteiger partial charge is 0.486 e. The summed E-state index contributed by atoms with van der Waals surface area (Å²) >= 11 is 0. The van der Waals surface area contributed by atoms with Crippen molar-refractivity contribution in [2.24, 2.45) is 0 Å². The summed E-state index contributed by atoms with van der Waals surface area (Å²) in [4.78, 5) is 18.2. The van der Waals surface area contributed by atoms with Gasteiger partial charge in [-0.25, -0.2) is 9.97 Å². The molecule has 0 aliphatic heterocycles. The molecule has 0 bridgehead atoms. The maximum atomic E-state index is 6.21. The fraction of sp³-hybridized carbons (Fsp3) is 0.0556. The van der Waals surface area contributed by atoms with Crippen LogP contribution < -0.4 is 0 Å². The van der Waals surface area contributed by atoms with E-state index in [1.165, 1.54) is 0 Å². The Hall–Kier alpha value is -4.97. The van der Waals surface area contributed by atoms with E-state index in [-0.39, 0.29) is 20.1 Å². The van der Waals surface area contributed by atoms with Crippen LogP contribution >= 0.6 is 0 Å². The fourth-order valence-electron chi connectivity index (χ4n) is 5.02. The van der Waals surface area contributed by atoms with Crippen molar-refractivity contribution in [3.63, 3.8) is 0 Å². The second kappa shape index (κ2) is 12.1. The van der Waals surface area contributed by atoms with E-state index in [0.717, 1.165) is 61.5 Å². The van der Waals surface area contributed by atoms with Gasteiger partial charge in [-0.1, -0.05) is 41.3 Å². The zero-order chi connectivity index (χ0) is 28.5. The van der Waals surface area contributed by atoms with Crippen molar-refractivity contribution < 1.29 is 24.5 Å². The molecular weight excluding hydrogens is 711 g/mol. The predicted octanol–water partition coefficient (Wildman–Crippen LogP) is 8.35. The summed E-state index contributed by atoms with van der Waals surface area (Å²) in [6, 6.07) is 40.4. The molecule has 0 saturated carbocycles. The summed E-state index contributed by atoms with van der Waals surface area (Å²) in [5, 5.41) is 1.99. The minimum Gasteiger partial charge on any atom is -0.486 e. The van der Waals surface area contributed by atoms with Crippen LogP contribution in [0.2, 0.25) is 0 Å². The van der Waals surface area contributed by atoms with E-state index < -0.39 is 0 Å². The Morgan fingerprint density at radius 2 is 1.58 bits per heavy atom. The molecule has 8 aromatic rings. The van der Waals surface area contributed by atoms with E-state index in [2.05, 4.69) is 55.9 Å². The molecule has 7 heteroatoms. The van der Waals surface area contributed by atoms with Crippen LogP contribution in [0.4, 0.5) is 0 Å². The van der Waals surface area contributed by atoms with Crippen LogP contribution in [0.1, 0.15) is 11.3 Å². The maximum absolute atomic E-state index is 6.21. The third kappa shape index (κ3) is 5.48. The van der Waals surface area contributed by atoms with Crippen molar-refractivity contribution in [3.8, 4) is 28.3 Å². The SMILES string of the molecule is Cc1cnc2nc(-c3[c-]ccc4c3oc3nc(C)ccc34)n(-c3ccccc3)c2c1.[Ir].[c-]1ccccc1-c1ccccn1. The van der Waals surface area contributed by atoms with Gasteiger partial charge in [0, 0.05) is 49.3 Å². The molecule has 3 aromatic carbocycles. The Labute approximate surface area is 262 Å². The number of hydrogen-bond acceptors (Lipinski definition) is 5. The van der Waals surface area contributed by atoms with Crippen molar-refractivity contribution in [2.75, 3.05) is 0 Å². The topological polar surface area (TPSA) is 69.6 Å². The van der Waals surface area contributed by atoms with Gasteiger partial charge in [-0.3, -0.25) is 4.98 Å². The zero-order valence-corrected chi connectivity index (χ0v) is 25.8. The molecule has 0 unspecified atom stereocenters. The van der Waals surface area contributed by atoms with Gasteiger partial charge in [-0.05, 0) is 61.5 Å². The fourth-order valence-corrected chi connectivity index (χ4v) is 5.02. The van der Waals surface area contributed by atoms with Crippen LogP contribution in [0.5, 0.6) is 0 Å². The Kier molecular flexibility index (Phi) is 7.92. The summed E-state index contributed by atoms with van der Waals surface area (Å²) < 4.78 is 8.33. The molecule has 0 fully saturated rings. The van der Waals surface area contributed by atoms with Crippen LogP contribution in [-0.2, 0) is 20.1 Å². The van der Waals surface area contributed by atoms with Crippen LogP contribution in [0.3, 0.4) is 0 Å². The molecule has 211 valence electrons. The molecular formula is C36H25IrN5O-2. The van der Waals surface area contributed by atoms with Crippen molar-refractivity contribution in [1.82, 2.24) is 24.5 Å². The number of para-hydroxylation sites is 1. The molecule has 5 heterocycles. The third-order valence-electron chi connectivity index (χ3n) is 6.97. The molecule has 0 atom stereocenters. The van der Waals surface area contributed by atoms with Gasteiger partial charge in [0.1, 0.15) is 0 Å². The van der Waals surface area contributed by atoms with E-state index in [0.29, 0.717) is 11.4 Å². The van der Waals surface area contributed by atoms with Crippen molar-refractivity contribution in [1.29, 1.82) is 0 Å². The third-order valence-corrected chi connectivity index (χ3v) is 6.97. The summed E-state index contributed by atoms with van der Waals surface area (Å²) in [6.45, 7) is 4.00. The van der Waals surface area contributed by atoms with Crippen LogP contribution in [0.25, 0.3) is 61.6 Å². The molecule has 1 radical (unpaired) electrons. The van der Waals surface area contributed by atoms with Crippen molar-refractivity contribution in [3.05, 3.63) is 139 Å². The van der Waals surface area contributed by atoms with E-state index in [9.17, 15) is 0 Å². The summed E-state index contributed by atoms with van der Waals surface area (Å²) in [6.07, 6.45) is 3.63. The van der Waals surface area contributed by atoms with E-state index in [1.54, 1.807) is 6.20 Å². The van der Waals surface area contributed by atoms with E-state index in [4.69, 9.17) is 9.40 Å². The number of benzene rings is 3. The van der Waals surface area contributed by atoms with E-state index >= 15 is 0 Å². The number of aryl methyl sites for hydroxylation is 2. The second-order valence-corrected chi connectivity index (χ2v) is 9.96. The molecule has 0 amide bonds. The van der Waals surface area contributed by atoms with Gasteiger partial charge < -0.3 is 14.0 Å². The first-order chi connectivity index (χ1) is 20.7. The standard InChI is InChI=1S/C25H17N4O.C11H8N.Ir/c1-15-13-21-23(26-14-15)28-24(29(21)17-7-4-3-5-8-17)20-10-6-9-18-19-12-11-16(2)27-25(19)30-22(18)20;1-2-6-10(7-3-1)11-8-4-5-9-12-11;/h3-9,11-14H,1-2H3;1-6,8-9H;/q2*-1;. The first kappa shape index (κ1) is 28.2. The molecule has 0 N–H and O–H groups in total. The normalized spacial score (nSPS) is 10.8. The number of imidazole rings is 1. The Balaban J connectivity index is 0.000000213. The molecule has 0 saturated heterocycles. The van der Waals surface area contributed by atoms with E-state index in [1.807, 2.05) is 98.9 Å². The maximum Gasteiger partial charge on any atom is 0.216 e. The zero-order valence-electron chi connectivity index (χ0n) is 23.4. The minimum absolute atomic E-state index is 0. The van der Waals surface area contributed by atoms with Gasteiger partial charge in [0.05, 0.1) is 16.9 Å². The smallest absolute Gasteiger partial charge is 0.216 e. The van der Waals surface area contributed by atoms with Crippen LogP contribution in [0.15, 0.2) is 120 Å². The Morgan fingerprint density at radius 3 is 2.37 bits per heavy atom. The molecule has 0 aliphatic rings. The summed E-state index contributed by atoms with van der Waals surface area (Å²) in [5.74, 6) is 0.746. The summed E-state index contributed by atoms with van der Waals surface area (Å²) in [7, 11) is 0. The predicted molar refractivity (Wildman–Crippen MR) is 166 cm³/mol. The number of pyridine rings is 3. The van der Waals surface area contributed by atoms with Gasteiger partial charge in [0.25, 0.3) is 0 Å². The van der Waals surface area contributed by atoms with Gasteiger partial charge in [-0.15, -0.1) is 54.1 Å². The number of fused-ring (bicyclic) bond motifs is 4. The van der Waals surface area contributed by atoms with Gasteiger partial charge in [0.2, 0.25) is 5.71 Å². The van der Waals surface area contributed by atoms with Crippen molar-refractivity contribution >= 4 is 33.2 Å². The Bertz CT molecular complexity index is 2120. The Morgan fingerprint density at radius 1 is 0.744 bits per heavy atom. The van der Waals surface area contributed by atoms with Crippen LogP contribution in [-0.4, -0.2) is 24.5 Å². The second-order valence-electron chi connectivity index (χ2n) is 9.96. The average molecular weight is 736 g/mol. The molecule has 0 spiro atoms. The van der Waals surface area contributed by atoms with Gasteiger partial charge in [0.15, 0.2) is 5.65 Å². The number of rotatable bonds is 3. The number of furan rings is 1. The number of aromatic nitrogens is 5. The average Bonchev–Trinajstić information content (AvgIpc) is 3.60. The molecule has 0 aliphatic carbocycles. The quantitative estimate of drug-likeness (QED) is 0.171. The van der Waals surface area contributed by atoms with Gasteiger partial charge in [-0.2, -0.15) is 0 Å². The van der Waals surface area contributed by atoms with Crippen molar-refractivity contribution in [2.45, 2.75) is 13.8 Å². The number of nitrogens with zero attached hydrogens (tertiary/aromatic N) is 5. The molecule has 43 heavy (non-hydrogen) atoms. The molecule has 8 rings (SSSR count). The first-order valence-corrected chi connectivity index (χ1v) is 13.7. The molecule has 6 nitrogen and oxygen atoms in total. The monoisotopic (exact) mass is 736 g/mol. The molecule has 5 aromatic heterocycles. The number of hydrogen-bond donors (Lipinski definition) is 0. The van der Waals surface area contributed by atoms with Gasteiger partial charge >= 0.3 is 0 Å².